The summed E-state index contributed by atoms with van der Waals surface area (Å²) in [5.74, 6) is 0.330. The fourth-order valence-corrected chi connectivity index (χ4v) is 5.41. The molecular formula is C34H43FN2. The predicted molar refractivity (Wildman–Crippen MR) is 158 cm³/mol. The number of nitrogens with zero attached hydrogens (tertiary/aromatic N) is 1. The molecule has 1 aromatic heterocycles. The van der Waals surface area contributed by atoms with Gasteiger partial charge >= 0.3 is 0 Å². The molecule has 0 saturated heterocycles. The Morgan fingerprint density at radius 2 is 1.73 bits per heavy atom. The monoisotopic (exact) mass is 498 g/mol. The third kappa shape index (κ3) is 6.21. The predicted octanol–water partition coefficient (Wildman–Crippen LogP) is 10.4. The van der Waals surface area contributed by atoms with Gasteiger partial charge in [-0.2, -0.15) is 4.79 Å². The molecule has 2 aliphatic carbocycles. The molecule has 2 nitrogen and oxygen atoms in total. The van der Waals surface area contributed by atoms with E-state index < -0.39 is 0 Å². The number of allylic oxidation sites excluding steroid dienone is 4. The molecule has 0 amide bonds. The highest BCUT2D eigenvalue weighted by Gasteiger charge is 2.36. The van der Waals surface area contributed by atoms with E-state index in [0.717, 1.165) is 16.8 Å². The van der Waals surface area contributed by atoms with Crippen LogP contribution in [0.3, 0.4) is 0 Å². The minimum atomic E-state index is -0.0656. The highest BCUT2D eigenvalue weighted by Crippen LogP contribution is 2.51. The number of aromatic nitrogens is 1. The number of hydrogen-bond acceptors (Lipinski definition) is 1. The number of fused-ring (bicyclic) bond motifs is 3. The van der Waals surface area contributed by atoms with Crippen molar-refractivity contribution >= 4 is 6.21 Å². The lowest BCUT2D eigenvalue weighted by atomic mass is 9.80. The van der Waals surface area contributed by atoms with Crippen LogP contribution in [-0.2, 0) is 5.41 Å². The molecule has 2 aliphatic rings. The highest BCUT2D eigenvalue weighted by molar-refractivity contribution is 5.84. The van der Waals surface area contributed by atoms with Gasteiger partial charge in [0.05, 0.1) is 5.69 Å². The second-order valence-electron chi connectivity index (χ2n) is 10.4. The standard InChI is InChI=1S/C22H22FN.C10H15N.C2H6/c1-14(2)16-12-17-15-8-5-6-9-19(15)22(3,4)20(17)13-18(16)21-10-7-11-24(21)23;11-9-5-4-8-10-6-2-1-3-7-10;1-2/h5-14H,1-4H3;4-6,9,11H,1-3,7-8H2;1-2H3/b;5-4-,11-9?;. The summed E-state index contributed by atoms with van der Waals surface area (Å²) in [6.07, 6.45) is 15.3. The molecule has 37 heavy (non-hydrogen) atoms. The van der Waals surface area contributed by atoms with Crippen LogP contribution in [-0.4, -0.2) is 11.0 Å². The maximum Gasteiger partial charge on any atom is 0.0815 e. The lowest BCUT2D eigenvalue weighted by molar-refractivity contribution is 0.377. The summed E-state index contributed by atoms with van der Waals surface area (Å²) in [6.45, 7) is 12.8. The molecule has 3 heteroatoms. The van der Waals surface area contributed by atoms with Crippen molar-refractivity contribution in [3.8, 4) is 22.4 Å². The van der Waals surface area contributed by atoms with Crippen LogP contribution in [0.2, 0.25) is 0 Å². The van der Waals surface area contributed by atoms with E-state index in [9.17, 15) is 4.48 Å². The smallest absolute Gasteiger partial charge is 0.0815 e. The zero-order chi connectivity index (χ0) is 27.0. The number of halogens is 1. The maximum absolute atomic E-state index is 14.2. The molecule has 0 saturated carbocycles. The van der Waals surface area contributed by atoms with Crippen molar-refractivity contribution < 1.29 is 4.48 Å². The Kier molecular flexibility index (Phi) is 9.86. The summed E-state index contributed by atoms with van der Waals surface area (Å²) >= 11 is 0. The van der Waals surface area contributed by atoms with Gasteiger partial charge < -0.3 is 5.41 Å². The first-order valence-electron chi connectivity index (χ1n) is 13.8. The molecule has 0 radical (unpaired) electrons. The van der Waals surface area contributed by atoms with Crippen molar-refractivity contribution in [2.24, 2.45) is 0 Å². The minimum absolute atomic E-state index is 0.0656. The molecule has 0 spiro atoms. The fraction of sp³-hybridized carbons (Fsp3) is 0.382. The van der Waals surface area contributed by atoms with Gasteiger partial charge in [0, 0.05) is 23.4 Å². The molecular weight excluding hydrogens is 455 g/mol. The summed E-state index contributed by atoms with van der Waals surface area (Å²) in [4.78, 5) is 0.725. The Morgan fingerprint density at radius 3 is 2.35 bits per heavy atom. The van der Waals surface area contributed by atoms with E-state index in [-0.39, 0.29) is 5.41 Å². The van der Waals surface area contributed by atoms with Crippen LogP contribution < -0.4 is 0 Å². The van der Waals surface area contributed by atoms with E-state index in [1.807, 2.05) is 19.9 Å². The van der Waals surface area contributed by atoms with Gasteiger partial charge in [-0.05, 0) is 96.2 Å². The molecule has 1 heterocycles. The first kappa shape index (κ1) is 28.4. The van der Waals surface area contributed by atoms with Gasteiger partial charge in [0.15, 0.2) is 0 Å². The normalized spacial score (nSPS) is 15.2. The quantitative estimate of drug-likeness (QED) is 0.268. The SMILES string of the molecule is CC.CC(C)c1cc2c(cc1-c1cccn1F)C(C)(C)c1ccccc1-2.N=C/C=C\CC1=CCCCC1. The Hall–Kier alpha value is -3.20. The van der Waals surface area contributed by atoms with Crippen molar-refractivity contribution in [3.63, 3.8) is 0 Å². The summed E-state index contributed by atoms with van der Waals surface area (Å²) in [5.41, 5.74) is 9.54. The second kappa shape index (κ2) is 12.9. The average Bonchev–Trinajstić information content (AvgIpc) is 3.44. The largest absolute Gasteiger partial charge is 0.309 e. The molecule has 1 N–H and O–H groups in total. The molecule has 2 aromatic carbocycles. The molecule has 3 aromatic rings. The molecule has 0 bridgehead atoms. The van der Waals surface area contributed by atoms with E-state index in [1.165, 1.54) is 65.9 Å². The highest BCUT2D eigenvalue weighted by atomic mass is 19.2. The van der Waals surface area contributed by atoms with Gasteiger partial charge in [-0.15, -0.1) is 0 Å². The van der Waals surface area contributed by atoms with Crippen molar-refractivity contribution in [2.45, 2.75) is 85.0 Å². The van der Waals surface area contributed by atoms with Gasteiger partial charge in [0.25, 0.3) is 0 Å². The molecule has 0 aliphatic heterocycles. The van der Waals surface area contributed by atoms with Gasteiger partial charge in [-0.3, -0.25) is 0 Å². The molecule has 0 fully saturated rings. The molecule has 0 atom stereocenters. The van der Waals surface area contributed by atoms with Crippen LogP contribution in [0.4, 0.5) is 4.48 Å². The van der Waals surface area contributed by atoms with Crippen LogP contribution >= 0.6 is 0 Å². The number of benzene rings is 2. The van der Waals surface area contributed by atoms with E-state index in [2.05, 4.69) is 76.2 Å². The Balaban J connectivity index is 0.000000247. The lowest BCUT2D eigenvalue weighted by Crippen LogP contribution is -2.15. The topological polar surface area (TPSA) is 28.8 Å². The summed E-state index contributed by atoms with van der Waals surface area (Å²) in [7, 11) is 0. The summed E-state index contributed by atoms with van der Waals surface area (Å²) < 4.78 is 14.2. The van der Waals surface area contributed by atoms with Gasteiger partial charge in [0.2, 0.25) is 0 Å². The molecule has 5 rings (SSSR count). The first-order chi connectivity index (χ1) is 17.8. The van der Waals surface area contributed by atoms with Gasteiger partial charge in [-0.1, -0.05) is 88.0 Å². The van der Waals surface area contributed by atoms with Crippen molar-refractivity contribution in [3.05, 3.63) is 95.2 Å². The van der Waals surface area contributed by atoms with Crippen molar-refractivity contribution in [1.82, 2.24) is 4.79 Å². The van der Waals surface area contributed by atoms with Gasteiger partial charge in [-0.25, -0.2) is 0 Å². The molecule has 0 unspecified atom stereocenters. The zero-order valence-corrected chi connectivity index (χ0v) is 23.4. The van der Waals surface area contributed by atoms with Crippen LogP contribution in [0.1, 0.15) is 96.3 Å². The van der Waals surface area contributed by atoms with Crippen LogP contribution in [0.15, 0.2) is 78.5 Å². The molecule has 196 valence electrons. The Labute approximate surface area is 223 Å². The average molecular weight is 499 g/mol. The van der Waals surface area contributed by atoms with Crippen molar-refractivity contribution in [2.75, 3.05) is 0 Å². The number of nitrogens with one attached hydrogen (secondary N) is 1. The second-order valence-corrected chi connectivity index (χ2v) is 10.4. The van der Waals surface area contributed by atoms with Crippen LogP contribution in [0, 0.1) is 5.41 Å². The van der Waals surface area contributed by atoms with Crippen molar-refractivity contribution in [1.29, 1.82) is 5.41 Å². The zero-order valence-electron chi connectivity index (χ0n) is 23.4. The van der Waals surface area contributed by atoms with E-state index in [0.29, 0.717) is 11.6 Å². The maximum atomic E-state index is 14.2. The van der Waals surface area contributed by atoms with E-state index >= 15 is 0 Å². The summed E-state index contributed by atoms with van der Waals surface area (Å²) in [6, 6.07) is 16.7. The number of hydrogen-bond donors (Lipinski definition) is 1. The van der Waals surface area contributed by atoms with Crippen LogP contribution in [0.25, 0.3) is 22.4 Å². The fourth-order valence-electron chi connectivity index (χ4n) is 5.41. The Morgan fingerprint density at radius 1 is 0.973 bits per heavy atom. The number of rotatable bonds is 5. The first-order valence-corrected chi connectivity index (χ1v) is 13.8. The minimum Gasteiger partial charge on any atom is -0.309 e. The van der Waals surface area contributed by atoms with Gasteiger partial charge in [0.1, 0.15) is 0 Å². The third-order valence-corrected chi connectivity index (χ3v) is 7.35. The van der Waals surface area contributed by atoms with E-state index in [1.54, 1.807) is 17.7 Å². The van der Waals surface area contributed by atoms with E-state index in [4.69, 9.17) is 5.41 Å². The lowest BCUT2D eigenvalue weighted by Gasteiger charge is -2.23. The third-order valence-electron chi connectivity index (χ3n) is 7.35. The summed E-state index contributed by atoms with van der Waals surface area (Å²) in [5, 5.41) is 6.79. The van der Waals surface area contributed by atoms with Crippen LogP contribution in [0.5, 0.6) is 0 Å². The Bertz CT molecular complexity index is 1260.